The minimum atomic E-state index is -0.281. The fraction of sp³-hybridized carbons (Fsp3) is 0.125. The van der Waals surface area contributed by atoms with Crippen LogP contribution in [0.4, 0.5) is 5.69 Å². The van der Waals surface area contributed by atoms with E-state index >= 15 is 0 Å². The van der Waals surface area contributed by atoms with Crippen molar-refractivity contribution in [3.05, 3.63) is 53.9 Å². The second kappa shape index (κ2) is 7.08. The zero-order chi connectivity index (χ0) is 15.1. The average Bonchev–Trinajstić information content (AvgIpc) is 2.54. The number of rotatable bonds is 3. The van der Waals surface area contributed by atoms with E-state index in [9.17, 15) is 4.79 Å². The molecule has 0 fully saturated rings. The minimum absolute atomic E-state index is 0.264. The number of nitrogens with one attached hydrogen (secondary N) is 1. The van der Waals surface area contributed by atoms with Crippen molar-refractivity contribution in [3.63, 3.8) is 0 Å². The molecule has 5 heteroatoms. The van der Waals surface area contributed by atoms with E-state index in [1.54, 1.807) is 12.1 Å². The van der Waals surface area contributed by atoms with Crippen LogP contribution >= 0.6 is 0 Å². The highest BCUT2D eigenvalue weighted by Gasteiger charge is 2.13. The molecule has 106 valence electrons. The number of amides is 1. The summed E-state index contributed by atoms with van der Waals surface area (Å²) in [5.74, 6) is 5.83. The quantitative estimate of drug-likeness (QED) is 0.839. The third kappa shape index (κ3) is 3.59. The maximum Gasteiger partial charge on any atom is 0.259 e. The third-order valence-corrected chi connectivity index (χ3v) is 2.75. The van der Waals surface area contributed by atoms with E-state index in [1.165, 1.54) is 19.5 Å². The summed E-state index contributed by atoms with van der Waals surface area (Å²) in [5, 5.41) is 2.82. The molecule has 1 aromatic carbocycles. The van der Waals surface area contributed by atoms with Crippen molar-refractivity contribution in [2.24, 2.45) is 5.73 Å². The predicted molar refractivity (Wildman–Crippen MR) is 81.1 cm³/mol. The molecule has 21 heavy (non-hydrogen) atoms. The summed E-state index contributed by atoms with van der Waals surface area (Å²) in [6.07, 6.45) is 3.03. The molecular weight excluding hydrogens is 266 g/mol. The second-order valence-electron chi connectivity index (χ2n) is 4.08. The lowest BCUT2D eigenvalue weighted by molar-refractivity contribution is 0.102. The normalized spacial score (nSPS) is 9.43. The summed E-state index contributed by atoms with van der Waals surface area (Å²) >= 11 is 0. The molecule has 3 N–H and O–H groups in total. The van der Waals surface area contributed by atoms with Crippen LogP contribution < -0.4 is 15.8 Å². The van der Waals surface area contributed by atoms with Gasteiger partial charge in [-0.1, -0.05) is 24.0 Å². The number of para-hydroxylation sites is 1. The number of carbonyl (C=O) groups excluding carboxylic acids is 1. The van der Waals surface area contributed by atoms with E-state index in [0.717, 1.165) is 0 Å². The van der Waals surface area contributed by atoms with Crippen molar-refractivity contribution >= 4 is 11.6 Å². The van der Waals surface area contributed by atoms with Crippen LogP contribution in [0.25, 0.3) is 0 Å². The molecule has 0 aliphatic heterocycles. The fourth-order valence-corrected chi connectivity index (χ4v) is 1.77. The fourth-order valence-electron chi connectivity index (χ4n) is 1.77. The summed E-state index contributed by atoms with van der Waals surface area (Å²) in [7, 11) is 1.49. The van der Waals surface area contributed by atoms with Crippen molar-refractivity contribution in [3.8, 4) is 17.6 Å². The van der Waals surface area contributed by atoms with Gasteiger partial charge in [-0.3, -0.25) is 9.78 Å². The first kappa shape index (κ1) is 14.6. The van der Waals surface area contributed by atoms with Gasteiger partial charge in [0.25, 0.3) is 5.91 Å². The summed E-state index contributed by atoms with van der Waals surface area (Å²) in [4.78, 5) is 16.3. The number of methoxy groups -OCH3 is 1. The van der Waals surface area contributed by atoms with Gasteiger partial charge in [0, 0.05) is 11.8 Å². The molecule has 1 amide bonds. The molecular formula is C16H15N3O2. The number of hydrogen-bond donors (Lipinski definition) is 2. The van der Waals surface area contributed by atoms with Crippen molar-refractivity contribution in [2.75, 3.05) is 19.0 Å². The van der Waals surface area contributed by atoms with Gasteiger partial charge in [-0.15, -0.1) is 0 Å². The maximum absolute atomic E-state index is 12.3. The Morgan fingerprint density at radius 1 is 1.38 bits per heavy atom. The molecule has 0 saturated carbocycles. The molecule has 0 aliphatic carbocycles. The van der Waals surface area contributed by atoms with Gasteiger partial charge >= 0.3 is 0 Å². The first-order valence-electron chi connectivity index (χ1n) is 6.33. The number of aromatic nitrogens is 1. The van der Waals surface area contributed by atoms with Crippen LogP contribution in [0.1, 0.15) is 15.9 Å². The number of pyridine rings is 1. The van der Waals surface area contributed by atoms with Gasteiger partial charge in [0.1, 0.15) is 5.75 Å². The number of hydrogen-bond acceptors (Lipinski definition) is 4. The Hall–Kier alpha value is -2.84. The second-order valence-corrected chi connectivity index (χ2v) is 4.08. The molecule has 1 aromatic heterocycles. The highest BCUT2D eigenvalue weighted by atomic mass is 16.5. The number of nitrogens with zero attached hydrogens (tertiary/aromatic N) is 1. The van der Waals surface area contributed by atoms with Gasteiger partial charge in [0.2, 0.25) is 0 Å². The van der Waals surface area contributed by atoms with E-state index in [2.05, 4.69) is 22.1 Å². The summed E-state index contributed by atoms with van der Waals surface area (Å²) in [6.45, 7) is 0.264. The summed E-state index contributed by atoms with van der Waals surface area (Å²) in [6, 6.07) is 8.88. The van der Waals surface area contributed by atoms with Gasteiger partial charge < -0.3 is 15.8 Å². The predicted octanol–water partition coefficient (Wildman–Crippen LogP) is 1.65. The van der Waals surface area contributed by atoms with Crippen LogP contribution in [0.2, 0.25) is 0 Å². The first-order chi connectivity index (χ1) is 10.3. The van der Waals surface area contributed by atoms with Crippen molar-refractivity contribution < 1.29 is 9.53 Å². The molecule has 0 spiro atoms. The topological polar surface area (TPSA) is 77.2 Å². The van der Waals surface area contributed by atoms with Crippen LogP contribution in [-0.2, 0) is 0 Å². The standard InChI is InChI=1S/C16H15N3O2/c1-21-15-11-18-10-8-13(15)16(20)19-14-7-3-2-5-12(14)6-4-9-17/h2-3,5,7-8,10-11H,9,17H2,1H3,(H,19,20). The molecule has 1 heterocycles. The lowest BCUT2D eigenvalue weighted by Crippen LogP contribution is -2.14. The number of anilines is 1. The molecule has 2 rings (SSSR count). The minimum Gasteiger partial charge on any atom is -0.494 e. The molecule has 0 radical (unpaired) electrons. The lowest BCUT2D eigenvalue weighted by Gasteiger charge is -2.10. The van der Waals surface area contributed by atoms with Crippen molar-refractivity contribution in [1.82, 2.24) is 4.98 Å². The Balaban J connectivity index is 2.28. The number of ether oxygens (including phenoxy) is 1. The Morgan fingerprint density at radius 2 is 2.19 bits per heavy atom. The first-order valence-corrected chi connectivity index (χ1v) is 6.33. The lowest BCUT2D eigenvalue weighted by atomic mass is 10.1. The molecule has 0 unspecified atom stereocenters. The van der Waals surface area contributed by atoms with E-state index < -0.39 is 0 Å². The van der Waals surface area contributed by atoms with Crippen LogP contribution in [0.5, 0.6) is 5.75 Å². The van der Waals surface area contributed by atoms with Gasteiger partial charge in [-0.25, -0.2) is 0 Å². The van der Waals surface area contributed by atoms with Gasteiger partial charge in [0.15, 0.2) is 0 Å². The maximum atomic E-state index is 12.3. The van der Waals surface area contributed by atoms with Crippen LogP contribution in [0.3, 0.4) is 0 Å². The number of nitrogens with two attached hydrogens (primary N) is 1. The Labute approximate surface area is 123 Å². The zero-order valence-corrected chi connectivity index (χ0v) is 11.6. The molecule has 0 aliphatic rings. The number of carbonyl (C=O) groups is 1. The molecule has 2 aromatic rings. The van der Waals surface area contributed by atoms with Crippen molar-refractivity contribution in [1.29, 1.82) is 0 Å². The van der Waals surface area contributed by atoms with Gasteiger partial charge in [-0.05, 0) is 18.2 Å². The SMILES string of the molecule is COc1cnccc1C(=O)Nc1ccccc1C#CCN. The smallest absolute Gasteiger partial charge is 0.259 e. The van der Waals surface area contributed by atoms with Crippen LogP contribution in [0.15, 0.2) is 42.7 Å². The molecule has 5 nitrogen and oxygen atoms in total. The number of benzene rings is 1. The zero-order valence-electron chi connectivity index (χ0n) is 11.6. The Kier molecular flexibility index (Phi) is 4.91. The largest absolute Gasteiger partial charge is 0.494 e. The highest BCUT2D eigenvalue weighted by molar-refractivity contribution is 6.06. The van der Waals surface area contributed by atoms with E-state index in [0.29, 0.717) is 22.6 Å². The van der Waals surface area contributed by atoms with Crippen LogP contribution in [-0.4, -0.2) is 24.5 Å². The summed E-state index contributed by atoms with van der Waals surface area (Å²) in [5.41, 5.74) is 7.12. The Bertz CT molecular complexity index is 702. The van der Waals surface area contributed by atoms with Gasteiger partial charge in [0.05, 0.1) is 31.1 Å². The van der Waals surface area contributed by atoms with Gasteiger partial charge in [-0.2, -0.15) is 0 Å². The highest BCUT2D eigenvalue weighted by Crippen LogP contribution is 2.19. The molecule has 0 atom stereocenters. The van der Waals surface area contributed by atoms with E-state index in [4.69, 9.17) is 10.5 Å². The Morgan fingerprint density at radius 3 is 2.95 bits per heavy atom. The average molecular weight is 281 g/mol. The van der Waals surface area contributed by atoms with Crippen LogP contribution in [0, 0.1) is 11.8 Å². The molecule has 0 bridgehead atoms. The third-order valence-electron chi connectivity index (χ3n) is 2.75. The van der Waals surface area contributed by atoms with E-state index in [1.807, 2.05) is 18.2 Å². The monoisotopic (exact) mass is 281 g/mol. The molecule has 0 saturated heterocycles. The summed E-state index contributed by atoms with van der Waals surface area (Å²) < 4.78 is 5.13. The van der Waals surface area contributed by atoms with Crippen molar-refractivity contribution in [2.45, 2.75) is 0 Å². The van der Waals surface area contributed by atoms with E-state index in [-0.39, 0.29) is 12.5 Å².